The van der Waals surface area contributed by atoms with Gasteiger partial charge in [-0.05, 0) is 18.4 Å². The topological polar surface area (TPSA) is 35.3 Å². The van der Waals surface area contributed by atoms with Crippen molar-refractivity contribution in [1.29, 1.82) is 0 Å². The first kappa shape index (κ1) is 11.4. The average molecular weight is 256 g/mol. The van der Waals surface area contributed by atoms with Crippen LogP contribution in [0.3, 0.4) is 0 Å². The number of ether oxygens (including phenoxy) is 1. The first-order valence-corrected chi connectivity index (χ1v) is 6.40. The Labute approximate surface area is 103 Å². The van der Waals surface area contributed by atoms with E-state index in [1.165, 1.54) is 6.26 Å². The number of nitrogens with zero attached hydrogens (tertiary/aromatic N) is 1. The number of oxazole rings is 1. The summed E-state index contributed by atoms with van der Waals surface area (Å²) in [6.45, 7) is 0. The van der Waals surface area contributed by atoms with Crippen LogP contribution in [0.4, 0.5) is 0 Å². The van der Waals surface area contributed by atoms with Crippen LogP contribution in [0, 0.1) is 0 Å². The molecule has 5 heteroatoms. The van der Waals surface area contributed by atoms with E-state index >= 15 is 0 Å². The summed E-state index contributed by atoms with van der Waals surface area (Å²) in [5.74, 6) is 1.05. The van der Waals surface area contributed by atoms with Crippen LogP contribution in [0.25, 0.3) is 0 Å². The first-order chi connectivity index (χ1) is 7.83. The number of hydrogen-bond donors (Lipinski definition) is 0. The number of benzene rings is 1. The third-order valence-corrected chi connectivity index (χ3v) is 2.98. The van der Waals surface area contributed by atoms with Gasteiger partial charge in [0, 0.05) is 4.90 Å². The van der Waals surface area contributed by atoms with Crippen molar-refractivity contribution in [3.05, 3.63) is 36.2 Å². The molecule has 0 fully saturated rings. The first-order valence-electron chi connectivity index (χ1n) is 4.64. The van der Waals surface area contributed by atoms with Gasteiger partial charge < -0.3 is 9.15 Å². The monoisotopic (exact) mass is 255 g/mol. The van der Waals surface area contributed by atoms with E-state index in [9.17, 15) is 0 Å². The molecule has 0 bridgehead atoms. The van der Waals surface area contributed by atoms with Crippen LogP contribution in [-0.4, -0.2) is 11.2 Å². The van der Waals surface area contributed by atoms with Gasteiger partial charge in [-0.2, -0.15) is 4.98 Å². The van der Waals surface area contributed by atoms with E-state index in [0.29, 0.717) is 11.6 Å². The molecule has 1 aromatic heterocycles. The van der Waals surface area contributed by atoms with E-state index < -0.39 is 0 Å². The van der Waals surface area contributed by atoms with Crippen molar-refractivity contribution >= 4 is 23.4 Å². The van der Waals surface area contributed by atoms with Gasteiger partial charge in [-0.3, -0.25) is 0 Å². The number of thioether (sulfide) groups is 1. The molecule has 3 nitrogen and oxygen atoms in total. The van der Waals surface area contributed by atoms with Gasteiger partial charge in [0.1, 0.15) is 12.0 Å². The molecule has 0 unspecified atom stereocenters. The van der Waals surface area contributed by atoms with Crippen LogP contribution < -0.4 is 4.74 Å². The highest BCUT2D eigenvalue weighted by atomic mass is 35.5. The molecule has 1 heterocycles. The van der Waals surface area contributed by atoms with E-state index in [1.807, 2.05) is 30.5 Å². The van der Waals surface area contributed by atoms with Crippen molar-refractivity contribution in [1.82, 2.24) is 4.98 Å². The second kappa shape index (κ2) is 5.27. The van der Waals surface area contributed by atoms with E-state index in [-0.39, 0.29) is 6.08 Å². The van der Waals surface area contributed by atoms with Gasteiger partial charge in [-0.1, -0.05) is 12.1 Å². The van der Waals surface area contributed by atoms with Gasteiger partial charge >= 0.3 is 6.08 Å². The molecular weight excluding hydrogens is 246 g/mol. The molecule has 0 N–H and O–H groups in total. The van der Waals surface area contributed by atoms with Crippen LogP contribution in [-0.2, 0) is 5.88 Å². The molecule has 0 saturated carbocycles. The lowest BCUT2D eigenvalue weighted by Crippen LogP contribution is -1.86. The predicted molar refractivity (Wildman–Crippen MR) is 64.4 cm³/mol. The standard InChI is InChI=1S/C11H10ClNO2S/c1-16-10-5-3-2-4-9(10)15-11-13-8(6-12)7-14-11/h2-5,7H,6H2,1H3. The molecule has 84 valence electrons. The van der Waals surface area contributed by atoms with E-state index in [0.717, 1.165) is 10.6 Å². The lowest BCUT2D eigenvalue weighted by Gasteiger charge is -2.04. The Kier molecular flexibility index (Phi) is 3.74. The smallest absolute Gasteiger partial charge is 0.399 e. The van der Waals surface area contributed by atoms with Crippen molar-refractivity contribution in [2.75, 3.05) is 6.26 Å². The molecule has 0 aliphatic heterocycles. The molecule has 0 aliphatic rings. The summed E-state index contributed by atoms with van der Waals surface area (Å²) in [4.78, 5) is 5.10. The quantitative estimate of drug-likeness (QED) is 0.613. The summed E-state index contributed by atoms with van der Waals surface area (Å²) in [6, 6.07) is 7.71. The normalized spacial score (nSPS) is 10.4. The van der Waals surface area contributed by atoms with Gasteiger partial charge in [0.15, 0.2) is 0 Å². The zero-order valence-electron chi connectivity index (χ0n) is 8.64. The minimum atomic E-state index is 0.220. The fraction of sp³-hybridized carbons (Fsp3) is 0.182. The molecule has 2 aromatic rings. The SMILES string of the molecule is CSc1ccccc1Oc1nc(CCl)co1. The number of para-hydroxylation sites is 1. The summed E-state index contributed by atoms with van der Waals surface area (Å²) < 4.78 is 10.7. The van der Waals surface area contributed by atoms with Crippen LogP contribution in [0.1, 0.15) is 5.69 Å². The van der Waals surface area contributed by atoms with Gasteiger partial charge in [-0.15, -0.1) is 23.4 Å². The van der Waals surface area contributed by atoms with Crippen LogP contribution in [0.15, 0.2) is 39.8 Å². The Morgan fingerprint density at radius 3 is 2.94 bits per heavy atom. The van der Waals surface area contributed by atoms with E-state index in [4.69, 9.17) is 20.8 Å². The number of halogens is 1. The highest BCUT2D eigenvalue weighted by molar-refractivity contribution is 7.98. The molecular formula is C11H10ClNO2S. The zero-order chi connectivity index (χ0) is 11.4. The van der Waals surface area contributed by atoms with E-state index in [1.54, 1.807) is 11.8 Å². The third kappa shape index (κ3) is 2.51. The van der Waals surface area contributed by atoms with Gasteiger partial charge in [0.2, 0.25) is 0 Å². The number of hydrogen-bond acceptors (Lipinski definition) is 4. The highest BCUT2D eigenvalue weighted by Crippen LogP contribution is 2.30. The fourth-order valence-electron chi connectivity index (χ4n) is 1.19. The lowest BCUT2D eigenvalue weighted by molar-refractivity contribution is 0.325. The maximum Gasteiger partial charge on any atom is 0.399 e. The second-order valence-corrected chi connectivity index (χ2v) is 4.11. The second-order valence-electron chi connectivity index (χ2n) is 2.99. The molecule has 16 heavy (non-hydrogen) atoms. The molecule has 0 atom stereocenters. The molecule has 0 amide bonds. The number of alkyl halides is 1. The predicted octanol–water partition coefficient (Wildman–Crippen LogP) is 3.93. The van der Waals surface area contributed by atoms with Gasteiger partial charge in [0.05, 0.1) is 11.6 Å². The summed E-state index contributed by atoms with van der Waals surface area (Å²) in [5.41, 5.74) is 0.665. The van der Waals surface area contributed by atoms with Crippen molar-refractivity contribution < 1.29 is 9.15 Å². The van der Waals surface area contributed by atoms with Crippen molar-refractivity contribution in [2.45, 2.75) is 10.8 Å². The Bertz CT molecular complexity index is 473. The number of rotatable bonds is 4. The minimum Gasteiger partial charge on any atom is -0.417 e. The number of aromatic nitrogens is 1. The fourth-order valence-corrected chi connectivity index (χ4v) is 1.84. The Morgan fingerprint density at radius 2 is 2.25 bits per heavy atom. The zero-order valence-corrected chi connectivity index (χ0v) is 10.2. The summed E-state index contributed by atoms with van der Waals surface area (Å²) in [5, 5.41) is 0. The Morgan fingerprint density at radius 1 is 1.44 bits per heavy atom. The molecule has 0 saturated heterocycles. The van der Waals surface area contributed by atoms with Crippen LogP contribution in [0.2, 0.25) is 0 Å². The van der Waals surface area contributed by atoms with Crippen molar-refractivity contribution in [2.24, 2.45) is 0 Å². The molecule has 2 rings (SSSR count). The van der Waals surface area contributed by atoms with Crippen molar-refractivity contribution in [3.63, 3.8) is 0 Å². The van der Waals surface area contributed by atoms with E-state index in [2.05, 4.69) is 4.98 Å². The lowest BCUT2D eigenvalue weighted by atomic mass is 10.3. The summed E-state index contributed by atoms with van der Waals surface area (Å²) in [7, 11) is 0. The maximum atomic E-state index is 5.62. The van der Waals surface area contributed by atoms with Gasteiger partial charge in [-0.25, -0.2) is 0 Å². The molecule has 0 spiro atoms. The maximum absolute atomic E-state index is 5.62. The molecule has 0 aliphatic carbocycles. The van der Waals surface area contributed by atoms with Crippen LogP contribution in [0.5, 0.6) is 11.8 Å². The Balaban J connectivity index is 2.19. The van der Waals surface area contributed by atoms with Gasteiger partial charge in [0.25, 0.3) is 0 Å². The third-order valence-electron chi connectivity index (χ3n) is 1.93. The largest absolute Gasteiger partial charge is 0.417 e. The Hall–Kier alpha value is -1.13. The molecule has 1 aromatic carbocycles. The van der Waals surface area contributed by atoms with Crippen LogP contribution >= 0.6 is 23.4 Å². The summed E-state index contributed by atoms with van der Waals surface area (Å²) in [6.07, 6.45) is 3.70. The molecule has 0 radical (unpaired) electrons. The van der Waals surface area contributed by atoms with Crippen molar-refractivity contribution in [3.8, 4) is 11.8 Å². The highest BCUT2D eigenvalue weighted by Gasteiger charge is 2.08. The summed E-state index contributed by atoms with van der Waals surface area (Å²) >= 11 is 7.23. The average Bonchev–Trinajstić information content (AvgIpc) is 2.77. The minimum absolute atomic E-state index is 0.220.